The van der Waals surface area contributed by atoms with Gasteiger partial charge in [0.1, 0.15) is 11.6 Å². The molecule has 0 radical (unpaired) electrons. The van der Waals surface area contributed by atoms with E-state index < -0.39 is 0 Å². The fourth-order valence-corrected chi connectivity index (χ4v) is 2.09. The van der Waals surface area contributed by atoms with Gasteiger partial charge in [0.15, 0.2) is 6.61 Å². The number of benzene rings is 1. The van der Waals surface area contributed by atoms with Gasteiger partial charge in [-0.05, 0) is 36.4 Å². The molecule has 8 heteroatoms. The van der Waals surface area contributed by atoms with Gasteiger partial charge < -0.3 is 14.6 Å². The number of carbonyl (C=O) groups is 1. The molecule has 3 aromatic rings. The molecule has 2 aromatic heterocycles. The van der Waals surface area contributed by atoms with Gasteiger partial charge in [-0.1, -0.05) is 23.7 Å². The molecule has 1 N–H and O–H groups in total. The van der Waals surface area contributed by atoms with Crippen LogP contribution >= 0.6 is 11.6 Å². The molecule has 0 spiro atoms. The van der Waals surface area contributed by atoms with E-state index in [9.17, 15) is 4.79 Å². The first kappa shape index (κ1) is 16.9. The summed E-state index contributed by atoms with van der Waals surface area (Å²) in [5.74, 6) is 1.81. The van der Waals surface area contributed by atoms with Crippen molar-refractivity contribution in [3.8, 4) is 5.75 Å². The first-order valence-corrected chi connectivity index (χ1v) is 7.99. The first-order chi connectivity index (χ1) is 12.1. The van der Waals surface area contributed by atoms with Gasteiger partial charge in [0.05, 0.1) is 5.02 Å². The third-order valence-electron chi connectivity index (χ3n) is 3.27. The van der Waals surface area contributed by atoms with E-state index in [1.807, 2.05) is 6.92 Å². The molecule has 0 aliphatic rings. The minimum Gasteiger partial charge on any atom is -0.485 e. The van der Waals surface area contributed by atoms with E-state index in [-0.39, 0.29) is 12.5 Å². The SMILES string of the molecule is CCc1nc(COc2ccc(C(=O)Nc3ccc(Cl)cn3)cc2)no1. The Morgan fingerprint density at radius 1 is 1.24 bits per heavy atom. The third-order valence-corrected chi connectivity index (χ3v) is 3.49. The zero-order valence-corrected chi connectivity index (χ0v) is 14.2. The molecule has 2 heterocycles. The molecule has 1 amide bonds. The fourth-order valence-electron chi connectivity index (χ4n) is 1.98. The van der Waals surface area contributed by atoms with E-state index in [1.54, 1.807) is 36.4 Å². The smallest absolute Gasteiger partial charge is 0.256 e. The Morgan fingerprint density at radius 2 is 2.04 bits per heavy atom. The molecular weight excluding hydrogens is 344 g/mol. The average Bonchev–Trinajstić information content (AvgIpc) is 3.10. The maximum absolute atomic E-state index is 12.2. The van der Waals surface area contributed by atoms with Crippen molar-refractivity contribution < 1.29 is 14.1 Å². The van der Waals surface area contributed by atoms with Crippen LogP contribution < -0.4 is 10.1 Å². The van der Waals surface area contributed by atoms with Crippen molar-refractivity contribution in [2.75, 3.05) is 5.32 Å². The van der Waals surface area contributed by atoms with Gasteiger partial charge >= 0.3 is 0 Å². The van der Waals surface area contributed by atoms with E-state index in [4.69, 9.17) is 20.9 Å². The summed E-state index contributed by atoms with van der Waals surface area (Å²) < 4.78 is 10.6. The number of halogens is 1. The summed E-state index contributed by atoms with van der Waals surface area (Å²) >= 11 is 5.76. The summed E-state index contributed by atoms with van der Waals surface area (Å²) in [6.07, 6.45) is 2.15. The Labute approximate surface area is 149 Å². The van der Waals surface area contributed by atoms with Crippen LogP contribution in [-0.2, 0) is 13.0 Å². The number of amides is 1. The molecule has 0 aliphatic heterocycles. The lowest BCUT2D eigenvalue weighted by atomic mass is 10.2. The predicted molar refractivity (Wildman–Crippen MR) is 91.7 cm³/mol. The van der Waals surface area contributed by atoms with Crippen LogP contribution in [0.25, 0.3) is 0 Å². The van der Waals surface area contributed by atoms with E-state index in [0.29, 0.717) is 40.3 Å². The van der Waals surface area contributed by atoms with Gasteiger partial charge in [0.2, 0.25) is 11.7 Å². The maximum atomic E-state index is 12.2. The minimum atomic E-state index is -0.271. The van der Waals surface area contributed by atoms with Crippen LogP contribution in [0.3, 0.4) is 0 Å². The molecule has 0 fully saturated rings. The van der Waals surface area contributed by atoms with Crippen molar-refractivity contribution in [2.45, 2.75) is 20.0 Å². The van der Waals surface area contributed by atoms with Crippen LogP contribution in [-0.4, -0.2) is 21.0 Å². The van der Waals surface area contributed by atoms with Gasteiger partial charge in [-0.15, -0.1) is 0 Å². The monoisotopic (exact) mass is 358 g/mol. The summed E-state index contributed by atoms with van der Waals surface area (Å²) in [6, 6.07) is 10.0. The summed E-state index contributed by atoms with van der Waals surface area (Å²) in [4.78, 5) is 20.3. The van der Waals surface area contributed by atoms with Gasteiger partial charge in [0, 0.05) is 18.2 Å². The number of nitrogens with zero attached hydrogens (tertiary/aromatic N) is 3. The van der Waals surface area contributed by atoms with Gasteiger partial charge in [-0.3, -0.25) is 4.79 Å². The third kappa shape index (κ3) is 4.54. The quantitative estimate of drug-likeness (QED) is 0.725. The molecule has 7 nitrogen and oxygen atoms in total. The summed E-state index contributed by atoms with van der Waals surface area (Å²) in [5, 5.41) is 7.01. The zero-order chi connectivity index (χ0) is 17.6. The topological polar surface area (TPSA) is 90.1 Å². The number of hydrogen-bond donors (Lipinski definition) is 1. The second kappa shape index (κ2) is 7.76. The van der Waals surface area contributed by atoms with Gasteiger partial charge in [0.25, 0.3) is 5.91 Å². The van der Waals surface area contributed by atoms with E-state index in [2.05, 4.69) is 20.4 Å². The van der Waals surface area contributed by atoms with Crippen LogP contribution in [0.1, 0.15) is 29.0 Å². The highest BCUT2D eigenvalue weighted by Gasteiger charge is 2.08. The standard InChI is InChI=1S/C17H15ClN4O3/c1-2-16-20-15(22-25-16)10-24-13-6-3-11(4-7-13)17(23)21-14-8-5-12(18)9-19-14/h3-9H,2,10H2,1H3,(H,19,21,23). The number of aromatic nitrogens is 3. The van der Waals surface area contributed by atoms with Gasteiger partial charge in [-0.25, -0.2) is 4.98 Å². The van der Waals surface area contributed by atoms with Crippen LogP contribution in [0.2, 0.25) is 5.02 Å². The van der Waals surface area contributed by atoms with Crippen molar-refractivity contribution in [1.29, 1.82) is 0 Å². The minimum absolute atomic E-state index is 0.198. The van der Waals surface area contributed by atoms with E-state index in [1.165, 1.54) is 6.20 Å². The fraction of sp³-hybridized carbons (Fsp3) is 0.176. The van der Waals surface area contributed by atoms with Crippen molar-refractivity contribution in [1.82, 2.24) is 15.1 Å². The molecule has 3 rings (SSSR count). The van der Waals surface area contributed by atoms with Crippen molar-refractivity contribution in [2.24, 2.45) is 0 Å². The Bertz CT molecular complexity index is 847. The van der Waals surface area contributed by atoms with E-state index >= 15 is 0 Å². The van der Waals surface area contributed by atoms with Crippen LogP contribution in [0.15, 0.2) is 47.1 Å². The molecular formula is C17H15ClN4O3. The average molecular weight is 359 g/mol. The number of rotatable bonds is 6. The molecule has 0 saturated heterocycles. The Hall–Kier alpha value is -2.93. The maximum Gasteiger partial charge on any atom is 0.256 e. The molecule has 25 heavy (non-hydrogen) atoms. The summed E-state index contributed by atoms with van der Waals surface area (Å²) in [7, 11) is 0. The van der Waals surface area contributed by atoms with Crippen molar-refractivity contribution >= 4 is 23.3 Å². The number of aryl methyl sites for hydroxylation is 1. The highest BCUT2D eigenvalue weighted by molar-refractivity contribution is 6.30. The highest BCUT2D eigenvalue weighted by atomic mass is 35.5. The molecule has 0 atom stereocenters. The molecule has 128 valence electrons. The number of ether oxygens (including phenoxy) is 1. The number of carbonyl (C=O) groups excluding carboxylic acids is 1. The van der Waals surface area contributed by atoms with Crippen LogP contribution in [0, 0.1) is 0 Å². The second-order valence-electron chi connectivity index (χ2n) is 5.09. The lowest BCUT2D eigenvalue weighted by Crippen LogP contribution is -2.12. The lowest BCUT2D eigenvalue weighted by Gasteiger charge is -2.06. The van der Waals surface area contributed by atoms with E-state index in [0.717, 1.165) is 0 Å². The second-order valence-corrected chi connectivity index (χ2v) is 5.52. The Kier molecular flexibility index (Phi) is 5.25. The van der Waals surface area contributed by atoms with Crippen LogP contribution in [0.4, 0.5) is 5.82 Å². The molecule has 1 aromatic carbocycles. The highest BCUT2D eigenvalue weighted by Crippen LogP contribution is 2.15. The molecule has 0 saturated carbocycles. The number of nitrogens with one attached hydrogen (secondary N) is 1. The molecule has 0 unspecified atom stereocenters. The molecule has 0 aliphatic carbocycles. The van der Waals surface area contributed by atoms with Crippen molar-refractivity contribution in [3.63, 3.8) is 0 Å². The summed E-state index contributed by atoms with van der Waals surface area (Å²) in [5.41, 5.74) is 0.483. The predicted octanol–water partition coefficient (Wildman–Crippen LogP) is 3.51. The molecule has 0 bridgehead atoms. The number of hydrogen-bond acceptors (Lipinski definition) is 6. The lowest BCUT2D eigenvalue weighted by molar-refractivity contribution is 0.102. The largest absolute Gasteiger partial charge is 0.485 e. The Morgan fingerprint density at radius 3 is 2.68 bits per heavy atom. The number of anilines is 1. The number of pyridine rings is 1. The van der Waals surface area contributed by atoms with Crippen LogP contribution in [0.5, 0.6) is 5.75 Å². The van der Waals surface area contributed by atoms with Crippen molar-refractivity contribution in [3.05, 3.63) is 64.9 Å². The zero-order valence-electron chi connectivity index (χ0n) is 13.4. The normalized spacial score (nSPS) is 10.5. The van der Waals surface area contributed by atoms with Gasteiger partial charge in [-0.2, -0.15) is 4.98 Å². The summed E-state index contributed by atoms with van der Waals surface area (Å²) in [6.45, 7) is 2.13. The first-order valence-electron chi connectivity index (χ1n) is 7.61. The Balaban J connectivity index is 1.57.